The molecule has 0 unspecified atom stereocenters. The Hall–Kier alpha value is -1.13. The molecular weight excluding hydrogens is 226 g/mol. The van der Waals surface area contributed by atoms with Crippen LogP contribution in [0.4, 0.5) is 13.6 Å². The minimum Gasteiger partial charge on any atom is -0.321 e. The summed E-state index contributed by atoms with van der Waals surface area (Å²) in [6.07, 6.45) is 2.81. The van der Waals surface area contributed by atoms with E-state index in [1.165, 1.54) is 10.5 Å². The zero-order valence-corrected chi connectivity index (χ0v) is 10.7. The first-order valence-corrected chi connectivity index (χ1v) is 6.05. The molecule has 2 rings (SSSR count). The number of urea groups is 1. The summed E-state index contributed by atoms with van der Waals surface area (Å²) in [5.41, 5.74) is 1.26. The Bertz CT molecular complexity index is 308. The first kappa shape index (κ1) is 13.9. The van der Waals surface area contributed by atoms with Gasteiger partial charge in [-0.1, -0.05) is 25.5 Å². The van der Waals surface area contributed by atoms with Crippen LogP contribution in [0.15, 0.2) is 11.6 Å². The van der Waals surface area contributed by atoms with E-state index in [4.69, 9.17) is 0 Å². The van der Waals surface area contributed by atoms with E-state index in [2.05, 4.69) is 0 Å². The van der Waals surface area contributed by atoms with Crippen LogP contribution in [0.1, 0.15) is 27.2 Å². The minimum atomic E-state index is -2.67. The van der Waals surface area contributed by atoms with Gasteiger partial charge in [-0.3, -0.25) is 0 Å². The fourth-order valence-corrected chi connectivity index (χ4v) is 1.79. The number of rotatable bonds is 0. The zero-order valence-electron chi connectivity index (χ0n) is 10.7. The van der Waals surface area contributed by atoms with Crippen LogP contribution in [-0.2, 0) is 0 Å². The summed E-state index contributed by atoms with van der Waals surface area (Å²) >= 11 is 0. The van der Waals surface area contributed by atoms with Crippen LogP contribution in [0.3, 0.4) is 0 Å². The molecule has 0 bridgehead atoms. The molecule has 0 aromatic rings. The lowest BCUT2D eigenvalue weighted by atomic mass is 10.1. The van der Waals surface area contributed by atoms with Crippen molar-refractivity contribution in [3.63, 3.8) is 0 Å². The van der Waals surface area contributed by atoms with E-state index < -0.39 is 19.0 Å². The number of carbonyl (C=O) groups excluding carboxylic acids is 1. The van der Waals surface area contributed by atoms with Crippen molar-refractivity contribution in [2.45, 2.75) is 33.1 Å². The summed E-state index contributed by atoms with van der Waals surface area (Å²) in [6.45, 7) is 6.35. The van der Waals surface area contributed by atoms with Gasteiger partial charge in [-0.15, -0.1) is 0 Å². The molecule has 2 amide bonds. The molecule has 2 aliphatic rings. The Morgan fingerprint density at radius 3 is 2.29 bits per heavy atom. The number of nitrogens with zero attached hydrogens (tertiary/aromatic N) is 2. The summed E-state index contributed by atoms with van der Waals surface area (Å²) < 4.78 is 25.1. The Morgan fingerprint density at radius 2 is 1.88 bits per heavy atom. The standard InChI is InChI=1S/C10H14F2N2O.C2H6/c1-8-2-4-13(5-3-8)9(15)14-6-10(11,12)7-14;1-2/h2H,3-7H2,1H3;1-2H3. The van der Waals surface area contributed by atoms with E-state index in [1.807, 2.05) is 26.8 Å². The van der Waals surface area contributed by atoms with Gasteiger partial charge < -0.3 is 9.80 Å². The minimum absolute atomic E-state index is 0.260. The summed E-state index contributed by atoms with van der Waals surface area (Å²) in [6, 6.07) is -0.260. The second kappa shape index (κ2) is 5.47. The smallest absolute Gasteiger partial charge is 0.320 e. The van der Waals surface area contributed by atoms with Gasteiger partial charge in [0.05, 0.1) is 13.1 Å². The maximum Gasteiger partial charge on any atom is 0.320 e. The van der Waals surface area contributed by atoms with Crippen molar-refractivity contribution in [2.75, 3.05) is 26.2 Å². The quantitative estimate of drug-likeness (QED) is 0.603. The predicted molar refractivity (Wildman–Crippen MR) is 63.2 cm³/mol. The fraction of sp³-hybridized carbons (Fsp3) is 0.750. The molecule has 0 aromatic carbocycles. The van der Waals surface area contributed by atoms with Crippen LogP contribution in [0.25, 0.3) is 0 Å². The molecule has 0 saturated carbocycles. The van der Waals surface area contributed by atoms with E-state index in [1.54, 1.807) is 4.90 Å². The highest BCUT2D eigenvalue weighted by Crippen LogP contribution is 2.28. The average Bonchev–Trinajstić information content (AvgIpc) is 2.28. The first-order chi connectivity index (χ1) is 7.98. The molecular formula is C12H20F2N2O. The molecule has 0 aromatic heterocycles. The highest BCUT2D eigenvalue weighted by atomic mass is 19.3. The van der Waals surface area contributed by atoms with Crippen molar-refractivity contribution in [1.29, 1.82) is 0 Å². The van der Waals surface area contributed by atoms with Crippen LogP contribution in [-0.4, -0.2) is 47.9 Å². The van der Waals surface area contributed by atoms with Crippen molar-refractivity contribution in [3.8, 4) is 0 Å². The summed E-state index contributed by atoms with van der Waals surface area (Å²) in [7, 11) is 0. The Labute approximate surface area is 101 Å². The Kier molecular flexibility index (Phi) is 4.48. The van der Waals surface area contributed by atoms with Gasteiger partial charge in [0.2, 0.25) is 0 Å². The molecule has 2 aliphatic heterocycles. The maximum atomic E-state index is 12.6. The lowest BCUT2D eigenvalue weighted by molar-refractivity contribution is -0.113. The third-order valence-electron chi connectivity index (χ3n) is 2.82. The van der Waals surface area contributed by atoms with Crippen molar-refractivity contribution in [3.05, 3.63) is 11.6 Å². The zero-order chi connectivity index (χ0) is 13.1. The highest BCUT2D eigenvalue weighted by Gasteiger charge is 2.47. The van der Waals surface area contributed by atoms with Crippen LogP contribution >= 0.6 is 0 Å². The molecule has 98 valence electrons. The lowest BCUT2D eigenvalue weighted by Crippen LogP contribution is -2.61. The molecule has 1 saturated heterocycles. The van der Waals surface area contributed by atoms with E-state index in [0.29, 0.717) is 13.1 Å². The van der Waals surface area contributed by atoms with Gasteiger partial charge in [0, 0.05) is 13.1 Å². The average molecular weight is 246 g/mol. The second-order valence-corrected chi connectivity index (χ2v) is 4.24. The van der Waals surface area contributed by atoms with Crippen molar-refractivity contribution < 1.29 is 13.6 Å². The van der Waals surface area contributed by atoms with Crippen LogP contribution in [0, 0.1) is 0 Å². The van der Waals surface area contributed by atoms with Crippen LogP contribution < -0.4 is 0 Å². The Balaban J connectivity index is 0.000000686. The van der Waals surface area contributed by atoms with Gasteiger partial charge >= 0.3 is 6.03 Å². The third kappa shape index (κ3) is 3.41. The van der Waals surface area contributed by atoms with Gasteiger partial charge in [-0.05, 0) is 13.3 Å². The summed E-state index contributed by atoms with van der Waals surface area (Å²) in [5.74, 6) is -2.67. The number of alkyl halides is 2. The van der Waals surface area contributed by atoms with Gasteiger partial charge in [0.15, 0.2) is 0 Å². The fourth-order valence-electron chi connectivity index (χ4n) is 1.79. The van der Waals surface area contributed by atoms with Gasteiger partial charge in [0.1, 0.15) is 0 Å². The Morgan fingerprint density at radius 1 is 1.29 bits per heavy atom. The number of likely N-dealkylation sites (tertiary alicyclic amines) is 1. The maximum absolute atomic E-state index is 12.6. The monoisotopic (exact) mass is 246 g/mol. The van der Waals surface area contributed by atoms with E-state index in [0.717, 1.165) is 6.42 Å². The van der Waals surface area contributed by atoms with Gasteiger partial charge in [-0.25, -0.2) is 13.6 Å². The van der Waals surface area contributed by atoms with Gasteiger partial charge in [0.25, 0.3) is 5.92 Å². The number of amides is 2. The lowest BCUT2D eigenvalue weighted by Gasteiger charge is -2.41. The first-order valence-electron chi connectivity index (χ1n) is 6.05. The number of halogens is 2. The molecule has 1 fully saturated rings. The van der Waals surface area contributed by atoms with E-state index >= 15 is 0 Å². The molecule has 2 heterocycles. The SMILES string of the molecule is CC.CC1=CCN(C(=O)N2CC(F)(F)C2)CC1. The molecule has 0 spiro atoms. The molecule has 5 heteroatoms. The van der Waals surface area contributed by atoms with E-state index in [9.17, 15) is 13.6 Å². The highest BCUT2D eigenvalue weighted by molar-refractivity contribution is 5.76. The topological polar surface area (TPSA) is 23.6 Å². The number of carbonyl (C=O) groups is 1. The molecule has 0 radical (unpaired) electrons. The van der Waals surface area contributed by atoms with Crippen molar-refractivity contribution >= 4 is 6.03 Å². The largest absolute Gasteiger partial charge is 0.321 e. The van der Waals surface area contributed by atoms with E-state index in [-0.39, 0.29) is 6.03 Å². The normalized spacial score (nSPS) is 22.1. The summed E-state index contributed by atoms with van der Waals surface area (Å²) in [4.78, 5) is 14.5. The van der Waals surface area contributed by atoms with Crippen LogP contribution in [0.2, 0.25) is 0 Å². The second-order valence-electron chi connectivity index (χ2n) is 4.24. The van der Waals surface area contributed by atoms with Crippen molar-refractivity contribution in [1.82, 2.24) is 9.80 Å². The molecule has 0 N–H and O–H groups in total. The molecule has 17 heavy (non-hydrogen) atoms. The number of hydrogen-bond acceptors (Lipinski definition) is 1. The van der Waals surface area contributed by atoms with Gasteiger partial charge in [-0.2, -0.15) is 0 Å². The molecule has 0 atom stereocenters. The molecule has 3 nitrogen and oxygen atoms in total. The van der Waals surface area contributed by atoms with Crippen LogP contribution in [0.5, 0.6) is 0 Å². The number of hydrogen-bond donors (Lipinski definition) is 0. The van der Waals surface area contributed by atoms with Crippen molar-refractivity contribution in [2.24, 2.45) is 0 Å². The third-order valence-corrected chi connectivity index (χ3v) is 2.82. The summed E-state index contributed by atoms with van der Waals surface area (Å²) in [5, 5.41) is 0. The predicted octanol–water partition coefficient (Wildman–Crippen LogP) is 2.74. The molecule has 0 aliphatic carbocycles.